The Bertz CT molecular complexity index is 1250. The molecule has 0 bridgehead atoms. The third-order valence-corrected chi connectivity index (χ3v) is 11.9. The molecule has 0 fully saturated rings. The SMILES string of the molecule is C=CC[C@@H](O[Si](c1ccccc1)(c1ccccc1)C(C)(C)C)[C@H](COC(=O)c1ccccc1)OS(C)(=O)=O. The Labute approximate surface area is 227 Å². The van der Waals surface area contributed by atoms with Crippen LogP contribution in [0.2, 0.25) is 5.04 Å². The predicted molar refractivity (Wildman–Crippen MR) is 154 cm³/mol. The van der Waals surface area contributed by atoms with Crippen LogP contribution in [0.25, 0.3) is 0 Å². The topological polar surface area (TPSA) is 78.9 Å². The fourth-order valence-electron chi connectivity index (χ4n) is 4.60. The first-order valence-electron chi connectivity index (χ1n) is 12.5. The molecule has 0 spiro atoms. The molecule has 0 unspecified atom stereocenters. The quantitative estimate of drug-likeness (QED) is 0.140. The second kappa shape index (κ2) is 12.7. The van der Waals surface area contributed by atoms with E-state index < -0.39 is 36.6 Å². The summed E-state index contributed by atoms with van der Waals surface area (Å²) >= 11 is 0. The van der Waals surface area contributed by atoms with Crippen LogP contribution < -0.4 is 10.4 Å². The molecule has 0 aliphatic carbocycles. The predicted octanol–water partition coefficient (Wildman–Crippen LogP) is 4.71. The fourth-order valence-corrected chi connectivity index (χ4v) is 9.94. The monoisotopic (exact) mass is 552 g/mol. The first kappa shape index (κ1) is 29.5. The van der Waals surface area contributed by atoms with Gasteiger partial charge in [0.2, 0.25) is 0 Å². The molecule has 202 valence electrons. The van der Waals surface area contributed by atoms with Crippen LogP contribution >= 0.6 is 0 Å². The van der Waals surface area contributed by atoms with E-state index in [0.29, 0.717) is 5.56 Å². The van der Waals surface area contributed by atoms with E-state index in [4.69, 9.17) is 13.3 Å². The second-order valence-electron chi connectivity index (χ2n) is 10.1. The van der Waals surface area contributed by atoms with Gasteiger partial charge in [-0.1, -0.05) is 106 Å². The molecule has 0 aliphatic rings. The maximum absolute atomic E-state index is 12.7. The van der Waals surface area contributed by atoms with Crippen LogP contribution in [0, 0.1) is 0 Å². The lowest BCUT2D eigenvalue weighted by molar-refractivity contribution is -0.00491. The molecule has 2 atom stereocenters. The van der Waals surface area contributed by atoms with Gasteiger partial charge in [0.25, 0.3) is 18.4 Å². The van der Waals surface area contributed by atoms with Crippen LogP contribution in [0.5, 0.6) is 0 Å². The number of hydrogen-bond donors (Lipinski definition) is 0. The number of hydrogen-bond acceptors (Lipinski definition) is 6. The van der Waals surface area contributed by atoms with Crippen molar-refractivity contribution in [2.75, 3.05) is 12.9 Å². The normalized spacial score (nSPS) is 13.9. The van der Waals surface area contributed by atoms with Gasteiger partial charge in [0.15, 0.2) is 0 Å². The van der Waals surface area contributed by atoms with Crippen LogP contribution in [0.15, 0.2) is 104 Å². The zero-order chi connectivity index (χ0) is 27.8. The number of ether oxygens (including phenoxy) is 1. The van der Waals surface area contributed by atoms with Gasteiger partial charge in [-0.2, -0.15) is 8.42 Å². The van der Waals surface area contributed by atoms with E-state index in [1.807, 2.05) is 36.4 Å². The average Bonchev–Trinajstić information content (AvgIpc) is 2.89. The molecule has 6 nitrogen and oxygen atoms in total. The van der Waals surface area contributed by atoms with E-state index >= 15 is 0 Å². The maximum atomic E-state index is 12.7. The Morgan fingerprint density at radius 3 is 1.76 bits per heavy atom. The van der Waals surface area contributed by atoms with Crippen LogP contribution in [-0.4, -0.2) is 47.8 Å². The van der Waals surface area contributed by atoms with Crippen molar-refractivity contribution in [3.05, 3.63) is 109 Å². The van der Waals surface area contributed by atoms with Crippen LogP contribution in [0.4, 0.5) is 0 Å². The minimum Gasteiger partial charge on any atom is -0.459 e. The molecule has 0 aromatic heterocycles. The van der Waals surface area contributed by atoms with Crippen LogP contribution in [0.3, 0.4) is 0 Å². The summed E-state index contributed by atoms with van der Waals surface area (Å²) in [5, 5.41) is 1.71. The number of benzene rings is 3. The molecular weight excluding hydrogens is 516 g/mol. The zero-order valence-corrected chi connectivity index (χ0v) is 24.2. The highest BCUT2D eigenvalue weighted by Gasteiger charge is 2.52. The molecule has 0 heterocycles. The molecule has 0 N–H and O–H groups in total. The summed E-state index contributed by atoms with van der Waals surface area (Å²) in [6.45, 7) is 9.97. The minimum atomic E-state index is -3.91. The minimum absolute atomic E-state index is 0.285. The standard InChI is InChI=1S/C30H36O6SSi/c1-6-16-27(28(35-37(5,32)33)23-34-29(31)24-17-10-7-11-18-24)36-38(30(2,3)4,25-19-12-8-13-20-25)26-21-14-9-15-22-26/h6-15,17-22,27-28H,1,16,23H2,2-5H3/t27-,28+/m1/s1. The van der Waals surface area contributed by atoms with E-state index in [-0.39, 0.29) is 18.1 Å². The Balaban J connectivity index is 2.08. The summed E-state index contributed by atoms with van der Waals surface area (Å²) in [5.74, 6) is -0.574. The molecule has 8 heteroatoms. The number of carbonyl (C=O) groups excluding carboxylic acids is 1. The van der Waals surface area contributed by atoms with Gasteiger partial charge in [0.1, 0.15) is 12.7 Å². The Hall–Kier alpha value is -3.04. The third kappa shape index (κ3) is 7.29. The van der Waals surface area contributed by atoms with E-state index in [1.54, 1.807) is 36.4 Å². The van der Waals surface area contributed by atoms with E-state index in [1.165, 1.54) is 0 Å². The summed E-state index contributed by atoms with van der Waals surface area (Å²) in [6.07, 6.45) is 1.08. The molecule has 3 aromatic rings. The smallest absolute Gasteiger partial charge is 0.338 e. The maximum Gasteiger partial charge on any atom is 0.338 e. The summed E-state index contributed by atoms with van der Waals surface area (Å²) in [4.78, 5) is 12.7. The highest BCUT2D eigenvalue weighted by atomic mass is 32.2. The summed E-state index contributed by atoms with van der Waals surface area (Å²) < 4.78 is 42.9. The Morgan fingerprint density at radius 2 is 1.34 bits per heavy atom. The summed E-state index contributed by atoms with van der Waals surface area (Å²) in [6, 6.07) is 28.5. The zero-order valence-electron chi connectivity index (χ0n) is 22.4. The Kier molecular flexibility index (Phi) is 9.84. The summed E-state index contributed by atoms with van der Waals surface area (Å²) in [5.41, 5.74) is 0.360. The van der Waals surface area contributed by atoms with Crippen LogP contribution in [-0.2, 0) is 23.5 Å². The lowest BCUT2D eigenvalue weighted by Crippen LogP contribution is -2.68. The molecule has 0 aliphatic heterocycles. The van der Waals surface area contributed by atoms with Gasteiger partial charge in [-0.15, -0.1) is 6.58 Å². The molecular formula is C30H36O6SSi. The number of carbonyl (C=O) groups is 1. The molecule has 0 amide bonds. The Morgan fingerprint density at radius 1 is 0.868 bits per heavy atom. The van der Waals surface area contributed by atoms with Crippen molar-refractivity contribution in [3.63, 3.8) is 0 Å². The lowest BCUT2D eigenvalue weighted by atomic mass is 10.1. The molecule has 0 saturated carbocycles. The lowest BCUT2D eigenvalue weighted by Gasteiger charge is -2.46. The average molecular weight is 553 g/mol. The van der Waals surface area contributed by atoms with E-state index in [2.05, 4.69) is 51.6 Å². The first-order chi connectivity index (χ1) is 18.0. The molecule has 38 heavy (non-hydrogen) atoms. The van der Waals surface area contributed by atoms with Crippen molar-refractivity contribution in [1.29, 1.82) is 0 Å². The van der Waals surface area contributed by atoms with Gasteiger partial charge in [-0.25, -0.2) is 4.79 Å². The van der Waals surface area contributed by atoms with E-state index in [9.17, 15) is 13.2 Å². The van der Waals surface area contributed by atoms with Crippen molar-refractivity contribution < 1.29 is 26.6 Å². The summed E-state index contributed by atoms with van der Waals surface area (Å²) in [7, 11) is -6.98. The fraction of sp³-hybridized carbons (Fsp3) is 0.300. The molecule has 3 rings (SSSR count). The van der Waals surface area contributed by atoms with Gasteiger partial charge in [-0.05, 0) is 34.0 Å². The van der Waals surface area contributed by atoms with Gasteiger partial charge in [0, 0.05) is 0 Å². The molecule has 0 saturated heterocycles. The van der Waals surface area contributed by atoms with Crippen molar-refractivity contribution in [1.82, 2.24) is 0 Å². The van der Waals surface area contributed by atoms with Gasteiger partial charge in [0.05, 0.1) is 17.9 Å². The van der Waals surface area contributed by atoms with Gasteiger partial charge >= 0.3 is 5.97 Å². The van der Waals surface area contributed by atoms with Crippen molar-refractivity contribution in [2.45, 2.75) is 44.4 Å². The third-order valence-electron chi connectivity index (χ3n) is 6.25. The van der Waals surface area contributed by atoms with E-state index in [0.717, 1.165) is 16.6 Å². The van der Waals surface area contributed by atoms with Gasteiger partial charge in [-0.3, -0.25) is 4.18 Å². The number of rotatable bonds is 12. The highest BCUT2D eigenvalue weighted by Crippen LogP contribution is 2.38. The molecule has 3 aromatic carbocycles. The molecule has 0 radical (unpaired) electrons. The largest absolute Gasteiger partial charge is 0.459 e. The van der Waals surface area contributed by atoms with Gasteiger partial charge < -0.3 is 9.16 Å². The number of esters is 1. The van der Waals surface area contributed by atoms with Crippen molar-refractivity contribution >= 4 is 34.8 Å². The van der Waals surface area contributed by atoms with Crippen molar-refractivity contribution in [3.8, 4) is 0 Å². The second-order valence-corrected chi connectivity index (χ2v) is 16.0. The highest BCUT2D eigenvalue weighted by molar-refractivity contribution is 7.86. The van der Waals surface area contributed by atoms with Crippen LogP contribution in [0.1, 0.15) is 37.6 Å². The van der Waals surface area contributed by atoms with Crippen molar-refractivity contribution in [2.24, 2.45) is 0 Å². The first-order valence-corrected chi connectivity index (χ1v) is 16.2.